The molecule has 1 aromatic carbocycles. The van der Waals surface area contributed by atoms with Gasteiger partial charge < -0.3 is 4.74 Å². The van der Waals surface area contributed by atoms with Crippen molar-refractivity contribution in [1.29, 1.82) is 0 Å². The molecule has 1 fully saturated rings. The number of rotatable bonds is 5. The first kappa shape index (κ1) is 19.2. The molecule has 1 N–H and O–H groups in total. The predicted molar refractivity (Wildman–Crippen MR) is 83.1 cm³/mol. The van der Waals surface area contributed by atoms with Crippen LogP contribution in [0.4, 0.5) is 13.2 Å². The van der Waals surface area contributed by atoms with Crippen LogP contribution in [0.3, 0.4) is 0 Å². The van der Waals surface area contributed by atoms with Gasteiger partial charge in [0.1, 0.15) is 0 Å². The van der Waals surface area contributed by atoms with E-state index in [9.17, 15) is 21.6 Å². The van der Waals surface area contributed by atoms with Crippen LogP contribution in [-0.4, -0.2) is 51.7 Å². The van der Waals surface area contributed by atoms with Crippen LogP contribution in [0.25, 0.3) is 0 Å². The van der Waals surface area contributed by atoms with Crippen LogP contribution >= 0.6 is 0 Å². The lowest BCUT2D eigenvalue weighted by molar-refractivity contribution is -0.139. The molecule has 2 rings (SSSR count). The zero-order valence-electron chi connectivity index (χ0n) is 13.6. The Morgan fingerprint density at radius 2 is 1.75 bits per heavy atom. The number of halogens is 3. The molecule has 5 nitrogen and oxygen atoms in total. The first-order valence-electron chi connectivity index (χ1n) is 7.53. The molecular weight excluding hydrogens is 345 g/mol. The number of sulfonamides is 1. The maximum Gasteiger partial charge on any atom is 0.417 e. The molecule has 1 aromatic rings. The second-order valence-electron chi connectivity index (χ2n) is 6.23. The fraction of sp³-hybridized carbons (Fsp3) is 0.600. The molecule has 0 saturated carbocycles. The van der Waals surface area contributed by atoms with Crippen molar-refractivity contribution in [2.45, 2.75) is 30.5 Å². The highest BCUT2D eigenvalue weighted by Gasteiger charge is 2.37. The molecule has 1 aliphatic rings. The Kier molecular flexibility index (Phi) is 5.58. The van der Waals surface area contributed by atoms with Crippen LogP contribution in [0, 0.1) is 0 Å². The second-order valence-corrected chi connectivity index (χ2v) is 7.97. The third-order valence-electron chi connectivity index (χ3n) is 4.04. The largest absolute Gasteiger partial charge is 0.417 e. The van der Waals surface area contributed by atoms with E-state index in [-0.39, 0.29) is 6.54 Å². The zero-order valence-corrected chi connectivity index (χ0v) is 14.4. The van der Waals surface area contributed by atoms with Gasteiger partial charge in [-0.2, -0.15) is 13.2 Å². The van der Waals surface area contributed by atoms with Crippen LogP contribution in [0.15, 0.2) is 29.2 Å². The molecule has 0 aromatic heterocycles. The van der Waals surface area contributed by atoms with Crippen molar-refractivity contribution in [3.8, 4) is 0 Å². The van der Waals surface area contributed by atoms with Crippen molar-refractivity contribution < 1.29 is 26.3 Å². The predicted octanol–water partition coefficient (Wildman–Crippen LogP) is 2.09. The van der Waals surface area contributed by atoms with E-state index in [0.29, 0.717) is 26.3 Å². The van der Waals surface area contributed by atoms with E-state index in [0.717, 1.165) is 12.1 Å². The number of nitrogens with one attached hydrogen (secondary N) is 1. The maximum absolute atomic E-state index is 13.0. The van der Waals surface area contributed by atoms with Crippen LogP contribution in [0.5, 0.6) is 0 Å². The molecule has 0 radical (unpaired) electrons. The molecule has 0 unspecified atom stereocenters. The quantitative estimate of drug-likeness (QED) is 0.867. The van der Waals surface area contributed by atoms with Crippen LogP contribution < -0.4 is 4.72 Å². The molecule has 1 saturated heterocycles. The maximum atomic E-state index is 13.0. The summed E-state index contributed by atoms with van der Waals surface area (Å²) in [5, 5.41) is 0. The lowest BCUT2D eigenvalue weighted by Gasteiger charge is -2.40. The van der Waals surface area contributed by atoms with E-state index in [2.05, 4.69) is 9.62 Å². The molecule has 1 heterocycles. The summed E-state index contributed by atoms with van der Waals surface area (Å²) in [7, 11) is -4.27. The minimum absolute atomic E-state index is 0.00151. The minimum atomic E-state index is -4.73. The summed E-state index contributed by atoms with van der Waals surface area (Å²) in [4.78, 5) is 1.30. The summed E-state index contributed by atoms with van der Waals surface area (Å²) in [5.74, 6) is 0. The van der Waals surface area contributed by atoms with Gasteiger partial charge in [0.05, 0.1) is 23.7 Å². The third kappa shape index (κ3) is 4.47. The van der Waals surface area contributed by atoms with Gasteiger partial charge in [0.2, 0.25) is 10.0 Å². The van der Waals surface area contributed by atoms with Crippen molar-refractivity contribution >= 4 is 10.0 Å². The number of hydrogen-bond donors (Lipinski definition) is 1. The van der Waals surface area contributed by atoms with Crippen LogP contribution in [0.2, 0.25) is 0 Å². The zero-order chi connectivity index (χ0) is 18.0. The van der Waals surface area contributed by atoms with Crippen molar-refractivity contribution in [3.05, 3.63) is 29.8 Å². The van der Waals surface area contributed by atoms with Crippen molar-refractivity contribution in [2.24, 2.45) is 0 Å². The SMILES string of the molecule is CC(C)(CNS(=O)(=O)c1ccccc1C(F)(F)F)N1CCOCC1. The normalized spacial score (nSPS) is 17.9. The molecule has 0 aliphatic carbocycles. The summed E-state index contributed by atoms with van der Waals surface area (Å²) in [6, 6.07) is 4.17. The summed E-state index contributed by atoms with van der Waals surface area (Å²) >= 11 is 0. The summed E-state index contributed by atoms with van der Waals surface area (Å²) in [5.41, 5.74) is -1.70. The first-order valence-corrected chi connectivity index (χ1v) is 9.01. The minimum Gasteiger partial charge on any atom is -0.379 e. The molecular formula is C15H21F3N2O3S. The van der Waals surface area contributed by atoms with Gasteiger partial charge in [0.15, 0.2) is 0 Å². The fourth-order valence-corrected chi connectivity index (χ4v) is 3.99. The number of ether oxygens (including phenoxy) is 1. The fourth-order valence-electron chi connectivity index (χ4n) is 2.57. The topological polar surface area (TPSA) is 58.6 Å². The van der Waals surface area contributed by atoms with Crippen molar-refractivity contribution in [1.82, 2.24) is 9.62 Å². The van der Waals surface area contributed by atoms with E-state index in [1.165, 1.54) is 12.1 Å². The highest BCUT2D eigenvalue weighted by molar-refractivity contribution is 7.89. The number of alkyl halides is 3. The van der Waals surface area contributed by atoms with Gasteiger partial charge in [-0.25, -0.2) is 13.1 Å². The van der Waals surface area contributed by atoms with E-state index in [1.54, 1.807) is 0 Å². The molecule has 0 bridgehead atoms. The van der Waals surface area contributed by atoms with E-state index in [1.807, 2.05) is 13.8 Å². The average molecular weight is 366 g/mol. The summed E-state index contributed by atoms with van der Waals surface area (Å²) in [6.45, 7) is 6.08. The van der Waals surface area contributed by atoms with Crippen LogP contribution in [-0.2, 0) is 20.9 Å². The van der Waals surface area contributed by atoms with Gasteiger partial charge in [-0.3, -0.25) is 4.90 Å². The van der Waals surface area contributed by atoms with E-state index < -0.39 is 32.2 Å². The smallest absolute Gasteiger partial charge is 0.379 e. The molecule has 0 atom stereocenters. The number of nitrogens with zero attached hydrogens (tertiary/aromatic N) is 1. The van der Waals surface area contributed by atoms with Gasteiger partial charge in [-0.05, 0) is 26.0 Å². The number of hydrogen-bond acceptors (Lipinski definition) is 4. The van der Waals surface area contributed by atoms with Gasteiger partial charge in [-0.15, -0.1) is 0 Å². The third-order valence-corrected chi connectivity index (χ3v) is 5.50. The van der Waals surface area contributed by atoms with E-state index >= 15 is 0 Å². The van der Waals surface area contributed by atoms with E-state index in [4.69, 9.17) is 4.74 Å². The van der Waals surface area contributed by atoms with Crippen molar-refractivity contribution in [3.63, 3.8) is 0 Å². The summed E-state index contributed by atoms with van der Waals surface area (Å²) in [6.07, 6.45) is -4.73. The molecule has 9 heteroatoms. The average Bonchev–Trinajstić information content (AvgIpc) is 2.53. The first-order chi connectivity index (χ1) is 11.0. The van der Waals surface area contributed by atoms with Gasteiger partial charge in [0.25, 0.3) is 0 Å². The molecule has 24 heavy (non-hydrogen) atoms. The standard InChI is InChI=1S/C15H21F3N2O3S/c1-14(2,20-7-9-23-10-8-20)11-19-24(21,22)13-6-4-3-5-12(13)15(16,17)18/h3-6,19H,7-11H2,1-2H3. The number of morpholine rings is 1. The Bertz CT molecular complexity index is 669. The van der Waals surface area contributed by atoms with Crippen molar-refractivity contribution in [2.75, 3.05) is 32.8 Å². The van der Waals surface area contributed by atoms with Gasteiger partial charge in [-0.1, -0.05) is 12.1 Å². The highest BCUT2D eigenvalue weighted by Crippen LogP contribution is 2.34. The highest BCUT2D eigenvalue weighted by atomic mass is 32.2. The van der Waals surface area contributed by atoms with Crippen LogP contribution in [0.1, 0.15) is 19.4 Å². The monoisotopic (exact) mass is 366 g/mol. The Balaban J connectivity index is 2.17. The Hall–Kier alpha value is -1.16. The Morgan fingerprint density at radius 3 is 2.33 bits per heavy atom. The second kappa shape index (κ2) is 6.99. The number of benzene rings is 1. The molecule has 0 spiro atoms. The van der Waals surface area contributed by atoms with Gasteiger partial charge in [0, 0.05) is 25.2 Å². The summed E-state index contributed by atoms with van der Waals surface area (Å²) < 4.78 is 71.4. The lowest BCUT2D eigenvalue weighted by atomic mass is 10.0. The Morgan fingerprint density at radius 1 is 1.17 bits per heavy atom. The lowest BCUT2D eigenvalue weighted by Crippen LogP contribution is -2.55. The molecule has 1 aliphatic heterocycles. The Labute approximate surface area is 139 Å². The molecule has 0 amide bonds. The van der Waals surface area contributed by atoms with Gasteiger partial charge >= 0.3 is 6.18 Å². The molecule has 136 valence electrons.